The fraction of sp³-hybridized carbons (Fsp3) is 0.300. The van der Waals surface area contributed by atoms with E-state index in [1.165, 1.54) is 11.6 Å². The average molecular weight is 336 g/mol. The lowest BCUT2D eigenvalue weighted by Gasteiger charge is -2.32. The molecule has 25 heavy (non-hydrogen) atoms. The van der Waals surface area contributed by atoms with Gasteiger partial charge in [0.25, 0.3) is 0 Å². The second kappa shape index (κ2) is 6.86. The Morgan fingerprint density at radius 3 is 2.60 bits per heavy atom. The summed E-state index contributed by atoms with van der Waals surface area (Å²) < 4.78 is 14.0. The second-order valence-electron chi connectivity index (χ2n) is 6.66. The number of hydrogen-bond donors (Lipinski definition) is 0. The van der Waals surface area contributed by atoms with Gasteiger partial charge in [-0.2, -0.15) is 0 Å². The minimum Gasteiger partial charge on any atom is -0.304 e. The summed E-state index contributed by atoms with van der Waals surface area (Å²) in [5.74, 6) is -0.251. The highest BCUT2D eigenvalue weighted by molar-refractivity contribution is 5.83. The predicted octanol–water partition coefficient (Wildman–Crippen LogP) is 3.18. The maximum atomic E-state index is 14.0. The second-order valence-corrected chi connectivity index (χ2v) is 6.66. The topological polar surface area (TPSA) is 32.3 Å². The van der Waals surface area contributed by atoms with E-state index in [4.69, 9.17) is 0 Å². The van der Waals surface area contributed by atoms with Gasteiger partial charge in [0.2, 0.25) is 0 Å². The Morgan fingerprint density at radius 2 is 1.84 bits per heavy atom. The largest absolute Gasteiger partial charge is 0.304 e. The van der Waals surface area contributed by atoms with Crippen molar-refractivity contribution in [2.24, 2.45) is 0 Å². The zero-order chi connectivity index (χ0) is 17.2. The van der Waals surface area contributed by atoms with Crippen LogP contribution in [0.15, 0.2) is 48.8 Å². The highest BCUT2D eigenvalue weighted by atomic mass is 19.1. The Morgan fingerprint density at radius 1 is 1.00 bits per heavy atom. The van der Waals surface area contributed by atoms with E-state index < -0.39 is 0 Å². The molecule has 3 heterocycles. The first-order valence-electron chi connectivity index (χ1n) is 8.59. The molecule has 0 amide bonds. The number of nitrogens with zero attached hydrogens (tertiary/aromatic N) is 4. The summed E-state index contributed by atoms with van der Waals surface area (Å²) in [4.78, 5) is 13.7. The van der Waals surface area contributed by atoms with Gasteiger partial charge in [0.15, 0.2) is 0 Å². The molecule has 0 unspecified atom stereocenters. The van der Waals surface area contributed by atoms with Crippen LogP contribution in [0.3, 0.4) is 0 Å². The molecule has 5 heteroatoms. The van der Waals surface area contributed by atoms with E-state index in [2.05, 4.69) is 32.9 Å². The van der Waals surface area contributed by atoms with E-state index >= 15 is 0 Å². The van der Waals surface area contributed by atoms with Crippen LogP contribution in [0.4, 0.5) is 4.39 Å². The van der Waals surface area contributed by atoms with E-state index in [9.17, 15) is 4.39 Å². The average Bonchev–Trinajstić information content (AvgIpc) is 2.64. The highest BCUT2D eigenvalue weighted by Gasteiger charge is 2.14. The Hall–Kier alpha value is -2.37. The molecular weight excluding hydrogens is 315 g/mol. The molecule has 128 valence electrons. The first-order chi connectivity index (χ1) is 12.2. The fourth-order valence-electron chi connectivity index (χ4n) is 3.21. The van der Waals surface area contributed by atoms with Crippen LogP contribution in [0.1, 0.15) is 5.56 Å². The van der Waals surface area contributed by atoms with E-state index in [0.29, 0.717) is 10.9 Å². The molecule has 1 fully saturated rings. The van der Waals surface area contributed by atoms with Gasteiger partial charge >= 0.3 is 0 Å². The predicted molar refractivity (Wildman–Crippen MR) is 97.7 cm³/mol. The van der Waals surface area contributed by atoms with Crippen LogP contribution in [-0.2, 0) is 6.54 Å². The van der Waals surface area contributed by atoms with Gasteiger partial charge in [-0.25, -0.2) is 4.39 Å². The third kappa shape index (κ3) is 3.52. The highest BCUT2D eigenvalue weighted by Crippen LogP contribution is 2.23. The number of hydrogen-bond acceptors (Lipinski definition) is 4. The molecule has 0 N–H and O–H groups in total. The van der Waals surface area contributed by atoms with Crippen molar-refractivity contribution in [1.82, 2.24) is 19.8 Å². The van der Waals surface area contributed by atoms with Crippen molar-refractivity contribution >= 4 is 10.9 Å². The monoisotopic (exact) mass is 336 g/mol. The van der Waals surface area contributed by atoms with Crippen LogP contribution in [0.25, 0.3) is 22.2 Å². The van der Waals surface area contributed by atoms with Gasteiger partial charge in [-0.15, -0.1) is 0 Å². The molecule has 4 nitrogen and oxygen atoms in total. The maximum absolute atomic E-state index is 14.0. The summed E-state index contributed by atoms with van der Waals surface area (Å²) in [7, 11) is 2.16. The lowest BCUT2D eigenvalue weighted by molar-refractivity contribution is 0.148. The number of likely N-dealkylation sites (N-methyl/N-ethyl adjacent to an activating group) is 1. The van der Waals surface area contributed by atoms with E-state index in [-0.39, 0.29) is 5.82 Å². The van der Waals surface area contributed by atoms with Crippen LogP contribution in [-0.4, -0.2) is 53.0 Å². The minimum absolute atomic E-state index is 0.251. The third-order valence-corrected chi connectivity index (χ3v) is 4.80. The van der Waals surface area contributed by atoms with Crippen LogP contribution in [0, 0.1) is 5.82 Å². The Kier molecular flexibility index (Phi) is 4.42. The van der Waals surface area contributed by atoms with Crippen molar-refractivity contribution in [3.63, 3.8) is 0 Å². The molecule has 0 radical (unpaired) electrons. The quantitative estimate of drug-likeness (QED) is 0.735. The molecule has 1 saturated heterocycles. The summed E-state index contributed by atoms with van der Waals surface area (Å²) in [5, 5.41) is 0.531. The molecule has 4 rings (SSSR count). The van der Waals surface area contributed by atoms with Crippen molar-refractivity contribution in [2.45, 2.75) is 6.54 Å². The smallest absolute Gasteiger partial charge is 0.132 e. The normalized spacial score (nSPS) is 16.4. The van der Waals surface area contributed by atoms with Gasteiger partial charge in [-0.3, -0.25) is 14.9 Å². The van der Waals surface area contributed by atoms with E-state index in [1.54, 1.807) is 12.3 Å². The minimum atomic E-state index is -0.251. The van der Waals surface area contributed by atoms with Crippen molar-refractivity contribution in [3.8, 4) is 11.3 Å². The molecule has 3 aromatic rings. The van der Waals surface area contributed by atoms with Gasteiger partial charge in [0.1, 0.15) is 5.82 Å². The SMILES string of the molecule is CN1CCN(Cc2ccc(-c3cnc4cccc(F)c4c3)nc2)CC1. The molecule has 0 atom stereocenters. The standard InChI is InChI=1S/C20H21FN4/c1-24-7-9-25(10-8-24)14-15-5-6-19(22-12-15)16-11-17-18(21)3-2-4-20(17)23-13-16/h2-6,11-13H,7-10,14H2,1H3. The summed E-state index contributed by atoms with van der Waals surface area (Å²) in [6, 6.07) is 10.9. The Bertz CT molecular complexity index is 871. The fourth-order valence-corrected chi connectivity index (χ4v) is 3.21. The van der Waals surface area contributed by atoms with Crippen molar-refractivity contribution in [3.05, 3.63) is 60.2 Å². The van der Waals surface area contributed by atoms with Crippen LogP contribution < -0.4 is 0 Å². The molecule has 0 spiro atoms. The van der Waals surface area contributed by atoms with Crippen LogP contribution in [0.5, 0.6) is 0 Å². The molecule has 2 aromatic heterocycles. The lowest BCUT2D eigenvalue weighted by Crippen LogP contribution is -2.43. The first-order valence-corrected chi connectivity index (χ1v) is 8.59. The molecule has 0 bridgehead atoms. The Labute approximate surface area is 146 Å². The molecule has 0 saturated carbocycles. The van der Waals surface area contributed by atoms with Gasteiger partial charge < -0.3 is 4.90 Å². The summed E-state index contributed by atoms with van der Waals surface area (Å²) >= 11 is 0. The van der Waals surface area contributed by atoms with Gasteiger partial charge in [-0.05, 0) is 36.9 Å². The molecular formula is C20H21FN4. The number of pyridine rings is 2. The maximum Gasteiger partial charge on any atom is 0.132 e. The van der Waals surface area contributed by atoms with E-state index in [0.717, 1.165) is 44.0 Å². The first kappa shape index (κ1) is 16.1. The van der Waals surface area contributed by atoms with Gasteiger partial charge in [0, 0.05) is 56.1 Å². The number of rotatable bonds is 3. The number of piperazine rings is 1. The Balaban J connectivity index is 1.53. The summed E-state index contributed by atoms with van der Waals surface area (Å²) in [6.07, 6.45) is 3.67. The van der Waals surface area contributed by atoms with Crippen LogP contribution in [0.2, 0.25) is 0 Å². The van der Waals surface area contributed by atoms with Crippen LogP contribution >= 0.6 is 0 Å². The number of aromatic nitrogens is 2. The molecule has 1 aliphatic rings. The lowest BCUT2D eigenvalue weighted by atomic mass is 10.1. The number of halogens is 1. The van der Waals surface area contributed by atoms with Crippen molar-refractivity contribution < 1.29 is 4.39 Å². The molecule has 0 aliphatic carbocycles. The zero-order valence-corrected chi connectivity index (χ0v) is 14.3. The number of fused-ring (bicyclic) bond motifs is 1. The third-order valence-electron chi connectivity index (χ3n) is 4.80. The van der Waals surface area contributed by atoms with Gasteiger partial charge in [-0.1, -0.05) is 12.1 Å². The molecule has 1 aliphatic heterocycles. The van der Waals surface area contributed by atoms with Crippen molar-refractivity contribution in [1.29, 1.82) is 0 Å². The summed E-state index contributed by atoms with van der Waals surface area (Å²) in [6.45, 7) is 5.32. The van der Waals surface area contributed by atoms with E-state index in [1.807, 2.05) is 24.4 Å². The van der Waals surface area contributed by atoms with Crippen molar-refractivity contribution in [2.75, 3.05) is 33.2 Å². The zero-order valence-electron chi connectivity index (χ0n) is 14.3. The van der Waals surface area contributed by atoms with Gasteiger partial charge in [0.05, 0.1) is 11.2 Å². The number of benzene rings is 1. The molecule has 1 aromatic carbocycles. The summed E-state index contributed by atoms with van der Waals surface area (Å²) in [5.41, 5.74) is 3.52.